The van der Waals surface area contributed by atoms with E-state index in [4.69, 9.17) is 39.9 Å². The SMILES string of the molecule is CCCCCNc1nc(N)nc2ccn(Cc3ccc(CN4CC(N(C)C(=O)OCc5ccc(NC(=O)[C@H](CCCNC(N)=O)CC(=O)[C@@H](NC(=O)CCOCCOCCOCCOCCNC(=O)CCC(=O)N6Cc7ccccc7-c7n[nH]nc7-c7ccccc76)C(C)C)cc5)C4)cc3OC)c12. The summed E-state index contributed by atoms with van der Waals surface area (Å²) in [5, 5.41) is 26.1. The van der Waals surface area contributed by atoms with Gasteiger partial charge in [-0.25, -0.2) is 14.6 Å². The summed E-state index contributed by atoms with van der Waals surface area (Å²) < 4.78 is 36.1. The van der Waals surface area contributed by atoms with Crippen molar-refractivity contribution in [2.45, 2.75) is 117 Å². The number of primary amides is 1. The first kappa shape index (κ1) is 77.1. The number of amides is 7. The smallest absolute Gasteiger partial charge is 0.410 e. The molecule has 10 N–H and O–H groups in total. The number of hydrogen-bond acceptors (Lipinski definition) is 20. The van der Waals surface area contributed by atoms with E-state index in [1.807, 2.05) is 74.6 Å². The Balaban J connectivity index is 0.612. The number of methoxy groups -OCH3 is 1. The van der Waals surface area contributed by atoms with Gasteiger partial charge < -0.3 is 80.8 Å². The van der Waals surface area contributed by atoms with Crippen molar-refractivity contribution in [3.63, 3.8) is 0 Å². The number of unbranched alkanes of at least 4 members (excludes halogenated alkanes) is 2. The van der Waals surface area contributed by atoms with Gasteiger partial charge in [-0.15, -0.1) is 0 Å². The van der Waals surface area contributed by atoms with Gasteiger partial charge in [0, 0.05) is 106 Å². The highest BCUT2D eigenvalue weighted by Crippen LogP contribution is 2.40. The molecule has 2 atom stereocenters. The number of carbonyl (C=O) groups is 7. The van der Waals surface area contributed by atoms with Gasteiger partial charge in [0.15, 0.2) is 11.6 Å². The van der Waals surface area contributed by atoms with E-state index in [2.05, 4.69) is 86.6 Å². The van der Waals surface area contributed by atoms with E-state index >= 15 is 0 Å². The lowest BCUT2D eigenvalue weighted by atomic mass is 9.89. The molecule has 7 amide bonds. The molecule has 1 saturated heterocycles. The molecule has 1 fully saturated rings. The Bertz CT molecular complexity index is 3950. The molecule has 0 aliphatic carbocycles. The average molecular weight is 1420 g/mol. The van der Waals surface area contributed by atoms with Crippen LogP contribution >= 0.6 is 0 Å². The number of rotatable bonds is 42. The lowest BCUT2D eigenvalue weighted by molar-refractivity contribution is -0.131. The van der Waals surface area contributed by atoms with Crippen LogP contribution in [-0.4, -0.2) is 193 Å². The lowest BCUT2D eigenvalue weighted by Gasteiger charge is -2.43. The molecule has 552 valence electrons. The molecule has 7 aromatic rings. The van der Waals surface area contributed by atoms with Gasteiger partial charge in [0.05, 0.1) is 96.3 Å². The number of carbonyl (C=O) groups excluding carboxylic acids is 7. The first-order valence-electron chi connectivity index (χ1n) is 35.3. The summed E-state index contributed by atoms with van der Waals surface area (Å²) in [6.07, 6.45) is 5.24. The van der Waals surface area contributed by atoms with Crippen LogP contribution in [0.25, 0.3) is 33.5 Å². The minimum atomic E-state index is -0.877. The molecule has 0 unspecified atom stereocenters. The minimum absolute atomic E-state index is 0.00402. The quantitative estimate of drug-likeness (QED) is 0.0171. The highest BCUT2D eigenvalue weighted by Gasteiger charge is 2.34. The molecule has 0 radical (unpaired) electrons. The molecule has 0 spiro atoms. The fraction of sp³-hybridized carbons (Fsp3) is 0.473. The Hall–Kier alpha value is -10.1. The third-order valence-corrected chi connectivity index (χ3v) is 18.0. The van der Waals surface area contributed by atoms with Gasteiger partial charge in [-0.05, 0) is 72.2 Å². The zero-order valence-electron chi connectivity index (χ0n) is 59.5. The van der Waals surface area contributed by atoms with Crippen molar-refractivity contribution in [2.24, 2.45) is 17.6 Å². The van der Waals surface area contributed by atoms with Crippen molar-refractivity contribution in [3.8, 4) is 28.3 Å². The molecular weight excluding hydrogens is 1320 g/mol. The number of H-pyrrole nitrogens is 1. The summed E-state index contributed by atoms with van der Waals surface area (Å²) in [6, 6.07) is 28.7. The first-order valence-corrected chi connectivity index (χ1v) is 35.3. The summed E-state index contributed by atoms with van der Waals surface area (Å²) in [4.78, 5) is 107. The summed E-state index contributed by atoms with van der Waals surface area (Å²) in [5.41, 5.74) is 20.9. The average Bonchev–Trinajstić information content (AvgIpc) is 1.61. The van der Waals surface area contributed by atoms with Gasteiger partial charge in [-0.3, -0.25) is 28.9 Å². The van der Waals surface area contributed by atoms with E-state index < -0.39 is 30.0 Å². The number of urea groups is 1. The maximum Gasteiger partial charge on any atom is 0.410 e. The third-order valence-electron chi connectivity index (χ3n) is 18.0. The number of nitrogens with zero attached hydrogens (tertiary/aromatic N) is 8. The number of para-hydroxylation sites is 1. The number of benzene rings is 4. The summed E-state index contributed by atoms with van der Waals surface area (Å²) in [7, 11) is 3.40. The fourth-order valence-electron chi connectivity index (χ4n) is 12.3. The number of likely N-dealkylation sites (N-methyl/N-ethyl adjacent to an activating group) is 1. The number of ketones is 1. The Labute approximate surface area is 600 Å². The maximum atomic E-state index is 13.9. The summed E-state index contributed by atoms with van der Waals surface area (Å²) in [5.74, 6) is -0.974. The van der Waals surface area contributed by atoms with Crippen LogP contribution in [0, 0.1) is 11.8 Å². The molecule has 3 aromatic heterocycles. The predicted octanol–water partition coefficient (Wildman–Crippen LogP) is 7.58. The fourth-order valence-corrected chi connectivity index (χ4v) is 12.3. The van der Waals surface area contributed by atoms with Gasteiger partial charge in [-0.1, -0.05) is 100 Å². The second kappa shape index (κ2) is 39.4. The van der Waals surface area contributed by atoms with E-state index in [0.29, 0.717) is 94.0 Å². The van der Waals surface area contributed by atoms with Gasteiger partial charge in [0.1, 0.15) is 29.3 Å². The number of anilines is 4. The van der Waals surface area contributed by atoms with Crippen LogP contribution in [0.5, 0.6) is 5.75 Å². The number of hydrogen-bond donors (Lipinski definition) is 8. The molecule has 29 heteroatoms. The summed E-state index contributed by atoms with van der Waals surface area (Å²) >= 11 is 0. The highest BCUT2D eigenvalue weighted by atomic mass is 16.6. The van der Waals surface area contributed by atoms with Crippen molar-refractivity contribution in [1.82, 2.24) is 55.7 Å². The molecule has 0 saturated carbocycles. The monoisotopic (exact) mass is 1420 g/mol. The van der Waals surface area contributed by atoms with Crippen LogP contribution in [-0.2, 0) is 73.9 Å². The zero-order valence-corrected chi connectivity index (χ0v) is 59.5. The van der Waals surface area contributed by atoms with E-state index in [9.17, 15) is 33.6 Å². The highest BCUT2D eigenvalue weighted by molar-refractivity contribution is 6.01. The topological polar surface area (TPSA) is 369 Å². The second-order valence-corrected chi connectivity index (χ2v) is 25.9. The molecule has 29 nitrogen and oxygen atoms in total. The standard InChI is InChI=1S/C74H98N16O13/c1-6-7-12-29-78-70-69-59(81-72(75)83-70)27-32-89(69)44-54-22-19-51(41-62(54)98-5)43-88-46-56(47-88)87(4)74(97)103-48-50-20-23-55(24-21-50)80-71(95)52(15-13-30-79-73(76)96)42-61(91)66(49(2)3)82-64(93)28-33-99-35-37-101-39-40-102-38-36-100-34-31-77-63(92)25-26-65(94)90-45-53-14-8-9-16-57(53)67-68(85-86-84-67)58-17-10-11-18-60(58)90/h8-11,14,16-24,27,32,41,49,52,56,66H,6-7,12-13,15,25-26,28-31,33-40,42-48H2,1-5H3,(H,77,92)(H,80,95)(H,82,93)(H3,76,79,96)(H,84,85,86)(H3,75,78,81,83)/t52-,66+/m1/s1. The molecule has 103 heavy (non-hydrogen) atoms. The van der Waals surface area contributed by atoms with E-state index in [1.165, 1.54) is 0 Å². The molecular formula is C74H98N16O13. The van der Waals surface area contributed by atoms with Crippen molar-refractivity contribution < 1.29 is 62.0 Å². The predicted molar refractivity (Wildman–Crippen MR) is 389 cm³/mol. The third kappa shape index (κ3) is 22.7. The number of nitrogens with two attached hydrogens (primary N) is 2. The van der Waals surface area contributed by atoms with Gasteiger partial charge >= 0.3 is 12.1 Å². The van der Waals surface area contributed by atoms with Crippen LogP contribution in [0.3, 0.4) is 0 Å². The number of aromatic amines is 1. The Morgan fingerprint density at radius 3 is 2.13 bits per heavy atom. The first-order chi connectivity index (χ1) is 50.0. The van der Waals surface area contributed by atoms with Crippen molar-refractivity contribution >= 4 is 75.7 Å². The van der Waals surface area contributed by atoms with Crippen LogP contribution in [0.4, 0.5) is 32.7 Å². The normalized spacial score (nSPS) is 13.3. The number of fused-ring (bicyclic) bond motifs is 6. The van der Waals surface area contributed by atoms with Gasteiger partial charge in [0.2, 0.25) is 29.6 Å². The molecule has 2 aliphatic heterocycles. The minimum Gasteiger partial charge on any atom is -0.496 e. The Morgan fingerprint density at radius 1 is 0.718 bits per heavy atom. The number of ether oxygens (including phenoxy) is 6. The number of nitrogen functional groups attached to an aromatic ring is 1. The largest absolute Gasteiger partial charge is 0.496 e. The van der Waals surface area contributed by atoms with E-state index in [1.54, 1.807) is 48.2 Å². The second-order valence-electron chi connectivity index (χ2n) is 25.9. The van der Waals surface area contributed by atoms with Gasteiger partial charge in [-0.2, -0.15) is 20.4 Å². The number of Topliss-reactive ketones (excluding diaryl/α,β-unsaturated/α-hetero) is 1. The molecule has 9 rings (SSSR count). The van der Waals surface area contributed by atoms with Crippen molar-refractivity contribution in [1.29, 1.82) is 0 Å². The van der Waals surface area contributed by atoms with E-state index in [0.717, 1.165) is 76.1 Å². The van der Waals surface area contributed by atoms with Crippen LogP contribution < -0.4 is 47.7 Å². The number of likely N-dealkylation sites (tertiary alicyclic amines) is 1. The Morgan fingerprint density at radius 2 is 1.41 bits per heavy atom. The summed E-state index contributed by atoms with van der Waals surface area (Å²) in [6.45, 7) is 12.0. The lowest BCUT2D eigenvalue weighted by Crippen LogP contribution is -2.59. The molecule has 2 aliphatic rings. The Kier molecular flexibility index (Phi) is 29.5. The van der Waals surface area contributed by atoms with E-state index in [-0.39, 0.29) is 120 Å². The van der Waals surface area contributed by atoms with Crippen molar-refractivity contribution in [2.75, 3.05) is 121 Å². The molecule has 4 aromatic carbocycles. The van der Waals surface area contributed by atoms with Gasteiger partial charge in [0.25, 0.3) is 0 Å². The zero-order chi connectivity index (χ0) is 73.0. The van der Waals surface area contributed by atoms with Crippen LogP contribution in [0.2, 0.25) is 0 Å². The maximum absolute atomic E-state index is 13.9. The van der Waals surface area contributed by atoms with Crippen molar-refractivity contribution in [3.05, 3.63) is 126 Å². The van der Waals surface area contributed by atoms with Crippen LogP contribution in [0.15, 0.2) is 103 Å². The number of nitrogens with one attached hydrogen (secondary N) is 6. The molecule has 5 heterocycles. The molecule has 0 bridgehead atoms. The number of aromatic nitrogens is 6. The van der Waals surface area contributed by atoms with Crippen LogP contribution in [0.1, 0.15) is 101 Å².